The standard InChI is InChI=1S/C9H6F2N2O4S/c10-5-1-4(7-3-17-9(14)13-7)2-6(11)8(5)18(12,15)16/h1-3H,(H,13,14)(H2,12,15,16). The predicted octanol–water partition coefficient (Wildman–Crippen LogP) is 0.561. The van der Waals surface area contributed by atoms with Gasteiger partial charge in [-0.15, -0.1) is 0 Å². The van der Waals surface area contributed by atoms with E-state index in [9.17, 15) is 22.0 Å². The molecule has 9 heteroatoms. The Balaban J connectivity index is 2.67. The molecular weight excluding hydrogens is 270 g/mol. The topological polar surface area (TPSA) is 106 Å². The fraction of sp³-hybridized carbons (Fsp3) is 0. The Morgan fingerprint density at radius 1 is 1.22 bits per heavy atom. The van der Waals surface area contributed by atoms with Crippen LogP contribution in [0.2, 0.25) is 0 Å². The first-order chi connectivity index (χ1) is 8.29. The first kappa shape index (κ1) is 12.5. The summed E-state index contributed by atoms with van der Waals surface area (Å²) in [6.07, 6.45) is 0.952. The van der Waals surface area contributed by atoms with Gasteiger partial charge >= 0.3 is 5.76 Å². The van der Waals surface area contributed by atoms with Crippen LogP contribution in [0.25, 0.3) is 11.3 Å². The minimum absolute atomic E-state index is 0.0127. The zero-order chi connectivity index (χ0) is 13.5. The van der Waals surface area contributed by atoms with Crippen molar-refractivity contribution >= 4 is 10.0 Å². The number of oxazole rings is 1. The summed E-state index contributed by atoms with van der Waals surface area (Å²) in [5, 5.41) is 4.67. The molecule has 0 fully saturated rings. The van der Waals surface area contributed by atoms with Crippen LogP contribution in [0.4, 0.5) is 8.78 Å². The maximum atomic E-state index is 13.5. The average Bonchev–Trinajstić information content (AvgIpc) is 2.61. The SMILES string of the molecule is NS(=O)(=O)c1c(F)cc(-c2coc(=O)[nH]2)cc1F. The lowest BCUT2D eigenvalue weighted by Crippen LogP contribution is -2.16. The summed E-state index contributed by atoms with van der Waals surface area (Å²) in [7, 11) is -4.50. The van der Waals surface area contributed by atoms with E-state index in [0.29, 0.717) is 0 Å². The monoisotopic (exact) mass is 276 g/mol. The van der Waals surface area contributed by atoms with Crippen molar-refractivity contribution in [2.45, 2.75) is 4.90 Å². The molecule has 18 heavy (non-hydrogen) atoms. The molecule has 6 nitrogen and oxygen atoms in total. The Bertz CT molecular complexity index is 740. The Hall–Kier alpha value is -2.00. The molecule has 0 aliphatic carbocycles. The van der Waals surface area contributed by atoms with Crippen LogP contribution < -0.4 is 10.9 Å². The van der Waals surface area contributed by atoms with Gasteiger partial charge in [-0.25, -0.2) is 27.1 Å². The molecule has 1 heterocycles. The van der Waals surface area contributed by atoms with Crippen molar-refractivity contribution in [1.82, 2.24) is 4.98 Å². The predicted molar refractivity (Wildman–Crippen MR) is 56.1 cm³/mol. The molecular formula is C9H6F2N2O4S. The number of nitrogens with one attached hydrogen (secondary N) is 1. The Morgan fingerprint density at radius 3 is 2.17 bits per heavy atom. The molecule has 0 saturated heterocycles. The molecule has 2 aromatic rings. The van der Waals surface area contributed by atoms with Gasteiger partial charge in [-0.3, -0.25) is 4.98 Å². The van der Waals surface area contributed by atoms with E-state index < -0.39 is 32.3 Å². The van der Waals surface area contributed by atoms with Crippen molar-refractivity contribution in [1.29, 1.82) is 0 Å². The third-order valence-corrected chi connectivity index (χ3v) is 3.07. The highest BCUT2D eigenvalue weighted by atomic mass is 32.2. The van der Waals surface area contributed by atoms with Gasteiger partial charge in [0.25, 0.3) is 0 Å². The van der Waals surface area contributed by atoms with Crippen LogP contribution in [0.5, 0.6) is 0 Å². The molecule has 1 aromatic heterocycles. The Labute approximate surface area is 99.1 Å². The number of nitrogens with two attached hydrogens (primary N) is 1. The maximum Gasteiger partial charge on any atom is 0.416 e. The van der Waals surface area contributed by atoms with Crippen LogP contribution in [0.1, 0.15) is 0 Å². The lowest BCUT2D eigenvalue weighted by molar-refractivity contribution is 0.515. The second-order valence-electron chi connectivity index (χ2n) is 3.38. The van der Waals surface area contributed by atoms with E-state index >= 15 is 0 Å². The molecule has 0 radical (unpaired) electrons. The number of halogens is 2. The van der Waals surface area contributed by atoms with E-state index in [-0.39, 0.29) is 11.3 Å². The lowest BCUT2D eigenvalue weighted by atomic mass is 10.1. The number of hydrogen-bond acceptors (Lipinski definition) is 4. The summed E-state index contributed by atoms with van der Waals surface area (Å²) in [5.74, 6) is -3.51. The quantitative estimate of drug-likeness (QED) is 0.835. The lowest BCUT2D eigenvalue weighted by Gasteiger charge is -2.04. The van der Waals surface area contributed by atoms with Gasteiger partial charge in [0.2, 0.25) is 10.0 Å². The van der Waals surface area contributed by atoms with Gasteiger partial charge in [0.05, 0.1) is 5.69 Å². The molecule has 0 aliphatic rings. The number of benzene rings is 1. The highest BCUT2D eigenvalue weighted by molar-refractivity contribution is 7.89. The van der Waals surface area contributed by atoms with E-state index in [1.165, 1.54) is 0 Å². The minimum atomic E-state index is -4.50. The van der Waals surface area contributed by atoms with Crippen molar-refractivity contribution in [3.05, 3.63) is 40.6 Å². The second kappa shape index (κ2) is 4.03. The maximum absolute atomic E-state index is 13.5. The minimum Gasteiger partial charge on any atom is -0.416 e. The van der Waals surface area contributed by atoms with E-state index in [4.69, 9.17) is 0 Å². The summed E-state index contributed by atoms with van der Waals surface area (Å²) in [4.78, 5) is 11.7. The summed E-state index contributed by atoms with van der Waals surface area (Å²) < 4.78 is 53.2. The van der Waals surface area contributed by atoms with Crippen LogP contribution in [0.15, 0.2) is 32.5 Å². The normalized spacial score (nSPS) is 11.7. The van der Waals surface area contributed by atoms with E-state index in [0.717, 1.165) is 18.4 Å². The Morgan fingerprint density at radius 2 is 1.78 bits per heavy atom. The molecule has 0 unspecified atom stereocenters. The number of primary sulfonamides is 1. The van der Waals surface area contributed by atoms with Crippen molar-refractivity contribution in [2.75, 3.05) is 0 Å². The molecule has 0 saturated carbocycles. The van der Waals surface area contributed by atoms with Crippen LogP contribution in [0, 0.1) is 11.6 Å². The van der Waals surface area contributed by atoms with Crippen LogP contribution >= 0.6 is 0 Å². The zero-order valence-corrected chi connectivity index (χ0v) is 9.42. The molecule has 2 rings (SSSR count). The van der Waals surface area contributed by atoms with Gasteiger partial charge in [-0.1, -0.05) is 0 Å². The number of sulfonamides is 1. The number of rotatable bonds is 2. The molecule has 3 N–H and O–H groups in total. The first-order valence-corrected chi connectivity index (χ1v) is 6.03. The molecule has 0 spiro atoms. The summed E-state index contributed by atoms with van der Waals surface area (Å²) in [5.41, 5.74) is -0.0676. The number of hydrogen-bond donors (Lipinski definition) is 2. The third-order valence-electron chi connectivity index (χ3n) is 2.11. The molecule has 0 aliphatic heterocycles. The molecule has 1 aromatic carbocycles. The van der Waals surface area contributed by atoms with Crippen molar-refractivity contribution < 1.29 is 21.6 Å². The van der Waals surface area contributed by atoms with Gasteiger partial charge in [0, 0.05) is 5.56 Å². The fourth-order valence-electron chi connectivity index (χ4n) is 1.41. The smallest absolute Gasteiger partial charge is 0.416 e. The molecule has 96 valence electrons. The number of aromatic nitrogens is 1. The zero-order valence-electron chi connectivity index (χ0n) is 8.61. The van der Waals surface area contributed by atoms with Gasteiger partial charge < -0.3 is 4.42 Å². The fourth-order valence-corrected chi connectivity index (χ4v) is 2.07. The van der Waals surface area contributed by atoms with Crippen LogP contribution in [-0.2, 0) is 10.0 Å². The van der Waals surface area contributed by atoms with Crippen LogP contribution in [-0.4, -0.2) is 13.4 Å². The third kappa shape index (κ3) is 2.17. The largest absolute Gasteiger partial charge is 0.416 e. The Kier molecular flexibility index (Phi) is 2.79. The van der Waals surface area contributed by atoms with Crippen molar-refractivity contribution in [2.24, 2.45) is 5.14 Å². The van der Waals surface area contributed by atoms with E-state index in [1.54, 1.807) is 0 Å². The average molecular weight is 276 g/mol. The summed E-state index contributed by atoms with van der Waals surface area (Å²) in [6.45, 7) is 0. The summed E-state index contributed by atoms with van der Waals surface area (Å²) >= 11 is 0. The second-order valence-corrected chi connectivity index (χ2v) is 4.87. The van der Waals surface area contributed by atoms with Gasteiger partial charge in [-0.2, -0.15) is 0 Å². The molecule has 0 bridgehead atoms. The number of H-pyrrole nitrogens is 1. The molecule has 0 amide bonds. The molecule has 0 atom stereocenters. The van der Waals surface area contributed by atoms with Gasteiger partial charge in [0.15, 0.2) is 4.90 Å². The van der Waals surface area contributed by atoms with E-state index in [2.05, 4.69) is 14.5 Å². The highest BCUT2D eigenvalue weighted by Crippen LogP contribution is 2.24. The van der Waals surface area contributed by atoms with Crippen LogP contribution in [0.3, 0.4) is 0 Å². The highest BCUT2D eigenvalue weighted by Gasteiger charge is 2.22. The summed E-state index contributed by atoms with van der Waals surface area (Å²) in [6, 6.07) is 1.45. The van der Waals surface area contributed by atoms with Crippen molar-refractivity contribution in [3.8, 4) is 11.3 Å². The first-order valence-electron chi connectivity index (χ1n) is 4.49. The van der Waals surface area contributed by atoms with Gasteiger partial charge in [-0.05, 0) is 12.1 Å². The van der Waals surface area contributed by atoms with Gasteiger partial charge in [0.1, 0.15) is 17.9 Å². The number of aromatic amines is 1. The van der Waals surface area contributed by atoms with E-state index in [1.807, 2.05) is 0 Å². The van der Waals surface area contributed by atoms with Crippen molar-refractivity contribution in [3.63, 3.8) is 0 Å².